The van der Waals surface area contributed by atoms with Crippen molar-refractivity contribution in [3.8, 4) is 5.75 Å². The van der Waals surface area contributed by atoms with E-state index in [1.54, 1.807) is 19.2 Å². The number of nitrogens with zero attached hydrogens (tertiary/aromatic N) is 1. The van der Waals surface area contributed by atoms with E-state index < -0.39 is 15.2 Å². The van der Waals surface area contributed by atoms with Gasteiger partial charge in [0.1, 0.15) is 11.1 Å². The van der Waals surface area contributed by atoms with Crippen molar-refractivity contribution in [3.05, 3.63) is 57.6 Å². The molecule has 0 amide bonds. The number of hydrogen-bond acceptors (Lipinski definition) is 5. The van der Waals surface area contributed by atoms with Crippen LogP contribution in [-0.2, 0) is 22.8 Å². The summed E-state index contributed by atoms with van der Waals surface area (Å²) in [5.41, 5.74) is 3.93. The van der Waals surface area contributed by atoms with Gasteiger partial charge in [-0.05, 0) is 86.2 Å². The highest BCUT2D eigenvalue weighted by atomic mass is 35.5. The number of nitrogens with one attached hydrogen (secondary N) is 1. The van der Waals surface area contributed by atoms with E-state index >= 15 is 0 Å². The van der Waals surface area contributed by atoms with Crippen molar-refractivity contribution in [1.29, 1.82) is 0 Å². The summed E-state index contributed by atoms with van der Waals surface area (Å²) in [5.74, 6) is 0.897. The van der Waals surface area contributed by atoms with Gasteiger partial charge in [0.05, 0.1) is 12.0 Å². The molecule has 2 heterocycles. The molecule has 0 spiro atoms. The van der Waals surface area contributed by atoms with Crippen LogP contribution in [-0.4, -0.2) is 45.4 Å². The van der Waals surface area contributed by atoms with Crippen LogP contribution in [0.5, 0.6) is 5.75 Å². The second-order valence-corrected chi connectivity index (χ2v) is 11.2. The van der Waals surface area contributed by atoms with Gasteiger partial charge in [0, 0.05) is 30.6 Å². The number of sulfone groups is 1. The zero-order valence-electron chi connectivity index (χ0n) is 18.9. The van der Waals surface area contributed by atoms with Crippen LogP contribution in [0.1, 0.15) is 35.1 Å². The second-order valence-electron chi connectivity index (χ2n) is 8.76. The zero-order valence-corrected chi connectivity index (χ0v) is 21.2. The van der Waals surface area contributed by atoms with Crippen LogP contribution in [0, 0.1) is 19.8 Å². The number of hydrogen-bond donors (Lipinski definition) is 1. The molecule has 176 valence electrons. The van der Waals surface area contributed by atoms with Gasteiger partial charge in [-0.15, -0.1) is 12.4 Å². The average Bonchev–Trinajstić information content (AvgIpc) is 2.76. The fourth-order valence-electron chi connectivity index (χ4n) is 4.96. The van der Waals surface area contributed by atoms with Gasteiger partial charge in [-0.1, -0.05) is 17.7 Å². The van der Waals surface area contributed by atoms with Crippen molar-refractivity contribution < 1.29 is 13.2 Å². The number of halogens is 2. The van der Waals surface area contributed by atoms with Gasteiger partial charge in [-0.3, -0.25) is 4.90 Å². The van der Waals surface area contributed by atoms with Crippen LogP contribution >= 0.6 is 24.0 Å². The minimum absolute atomic E-state index is 0. The van der Waals surface area contributed by atoms with Crippen LogP contribution < -0.4 is 10.1 Å². The lowest BCUT2D eigenvalue weighted by Crippen LogP contribution is -2.52. The van der Waals surface area contributed by atoms with E-state index in [0.717, 1.165) is 43.7 Å². The largest absolute Gasteiger partial charge is 0.497 e. The predicted octanol–water partition coefficient (Wildman–Crippen LogP) is 4.54. The predicted molar refractivity (Wildman–Crippen MR) is 132 cm³/mol. The second kappa shape index (κ2) is 10.3. The molecule has 2 aliphatic rings. The first-order valence-corrected chi connectivity index (χ1v) is 12.8. The monoisotopic (exact) mass is 498 g/mol. The Bertz CT molecular complexity index is 1070. The molecule has 2 aromatic carbocycles. The van der Waals surface area contributed by atoms with Gasteiger partial charge in [-0.25, -0.2) is 8.42 Å². The number of piperidine rings is 1. The van der Waals surface area contributed by atoms with Crippen LogP contribution in [0.2, 0.25) is 5.02 Å². The number of benzene rings is 2. The molecule has 0 bridgehead atoms. The molecule has 0 aromatic heterocycles. The Kier molecular flexibility index (Phi) is 8.16. The number of ether oxygens (including phenoxy) is 1. The van der Waals surface area contributed by atoms with Gasteiger partial charge in [0.2, 0.25) is 0 Å². The minimum Gasteiger partial charge on any atom is -0.497 e. The Balaban J connectivity index is 0.00000289. The number of methoxy groups -OCH3 is 1. The van der Waals surface area contributed by atoms with Crippen molar-refractivity contribution in [2.45, 2.75) is 49.9 Å². The van der Waals surface area contributed by atoms with Crippen molar-refractivity contribution >= 4 is 33.8 Å². The molecule has 5 nitrogen and oxygen atoms in total. The molecule has 2 aromatic rings. The number of aryl methyl sites for hydroxylation is 2. The number of rotatable bonds is 5. The summed E-state index contributed by atoms with van der Waals surface area (Å²) in [4.78, 5) is 2.58. The Morgan fingerprint density at radius 3 is 2.62 bits per heavy atom. The molecule has 0 aliphatic carbocycles. The molecule has 0 saturated carbocycles. The summed E-state index contributed by atoms with van der Waals surface area (Å²) < 4.78 is 33.6. The zero-order chi connectivity index (χ0) is 22.2. The molecule has 4 rings (SSSR count). The standard InChI is InChI=1S/C24H31ClN2O3S.ClH/c1-16-12-23(17(2)11-22(16)25)31(28,29)24(19-5-4-9-26-14-19)27-10-8-18-13-21(30-3)7-6-20(18)15-27;/h6-7,11-13,19,24,26H,4-5,8-10,14-15H2,1-3H3;1H. The van der Waals surface area contributed by atoms with E-state index in [4.69, 9.17) is 16.3 Å². The lowest BCUT2D eigenvalue weighted by Gasteiger charge is -2.41. The van der Waals surface area contributed by atoms with Gasteiger partial charge >= 0.3 is 0 Å². The van der Waals surface area contributed by atoms with Crippen LogP contribution in [0.15, 0.2) is 35.2 Å². The van der Waals surface area contributed by atoms with E-state index in [9.17, 15) is 8.42 Å². The summed E-state index contributed by atoms with van der Waals surface area (Å²) in [6.45, 7) is 6.72. The fourth-order valence-corrected chi connectivity index (χ4v) is 7.59. The smallest absolute Gasteiger partial charge is 0.195 e. The summed E-state index contributed by atoms with van der Waals surface area (Å²) in [5, 5.41) is 3.46. The van der Waals surface area contributed by atoms with Gasteiger partial charge in [0.15, 0.2) is 9.84 Å². The summed E-state index contributed by atoms with van der Waals surface area (Å²) in [6.07, 6.45) is 2.72. The first-order chi connectivity index (χ1) is 14.8. The summed E-state index contributed by atoms with van der Waals surface area (Å²) in [7, 11) is -1.91. The topological polar surface area (TPSA) is 58.6 Å². The van der Waals surface area contributed by atoms with Crippen molar-refractivity contribution in [3.63, 3.8) is 0 Å². The van der Waals surface area contributed by atoms with Crippen molar-refractivity contribution in [1.82, 2.24) is 10.2 Å². The molecule has 1 fully saturated rings. The molecule has 32 heavy (non-hydrogen) atoms. The summed E-state index contributed by atoms with van der Waals surface area (Å²) >= 11 is 6.27. The van der Waals surface area contributed by atoms with E-state index in [2.05, 4.69) is 22.3 Å². The lowest BCUT2D eigenvalue weighted by molar-refractivity contribution is 0.162. The quantitative estimate of drug-likeness (QED) is 0.655. The molecule has 2 unspecified atom stereocenters. The van der Waals surface area contributed by atoms with Gasteiger partial charge in [0.25, 0.3) is 0 Å². The Morgan fingerprint density at radius 2 is 1.94 bits per heavy atom. The maximum absolute atomic E-state index is 14.1. The van der Waals surface area contributed by atoms with Gasteiger partial charge < -0.3 is 10.1 Å². The normalized spacial score (nSPS) is 20.2. The molecule has 1 saturated heterocycles. The Morgan fingerprint density at radius 1 is 1.16 bits per heavy atom. The highest BCUT2D eigenvalue weighted by Crippen LogP contribution is 2.35. The summed E-state index contributed by atoms with van der Waals surface area (Å²) in [6, 6.07) is 9.63. The molecule has 1 N–H and O–H groups in total. The fraction of sp³-hybridized carbons (Fsp3) is 0.500. The SMILES string of the molecule is COc1ccc2c(c1)CCN(C(C1CCCNC1)S(=O)(=O)c1cc(C)c(Cl)cc1C)C2.Cl. The third-order valence-electron chi connectivity index (χ3n) is 6.63. The van der Waals surface area contributed by atoms with Crippen LogP contribution in [0.4, 0.5) is 0 Å². The molecular weight excluding hydrogens is 467 g/mol. The molecule has 2 atom stereocenters. The van der Waals surface area contributed by atoms with E-state index in [0.29, 0.717) is 28.6 Å². The third-order valence-corrected chi connectivity index (χ3v) is 9.41. The highest BCUT2D eigenvalue weighted by molar-refractivity contribution is 7.92. The van der Waals surface area contributed by atoms with E-state index in [-0.39, 0.29) is 18.3 Å². The maximum Gasteiger partial charge on any atom is 0.195 e. The maximum atomic E-state index is 14.1. The van der Waals surface area contributed by atoms with Crippen LogP contribution in [0.3, 0.4) is 0 Å². The first-order valence-electron chi connectivity index (χ1n) is 10.9. The molecule has 2 aliphatic heterocycles. The molecular formula is C24H32Cl2N2O3S. The van der Waals surface area contributed by atoms with E-state index in [1.807, 2.05) is 19.9 Å². The first kappa shape index (κ1) is 25.3. The lowest BCUT2D eigenvalue weighted by atomic mass is 9.95. The Hall–Kier alpha value is -1.31. The molecule has 0 radical (unpaired) electrons. The number of fused-ring (bicyclic) bond motifs is 1. The third kappa shape index (κ3) is 4.95. The Labute approximate surface area is 202 Å². The van der Waals surface area contributed by atoms with E-state index in [1.165, 1.54) is 11.1 Å². The van der Waals surface area contributed by atoms with Crippen molar-refractivity contribution in [2.24, 2.45) is 5.92 Å². The van der Waals surface area contributed by atoms with Crippen LogP contribution in [0.25, 0.3) is 0 Å². The van der Waals surface area contributed by atoms with Crippen molar-refractivity contribution in [2.75, 3.05) is 26.7 Å². The average molecular weight is 500 g/mol. The highest BCUT2D eigenvalue weighted by Gasteiger charge is 2.41. The minimum atomic E-state index is -3.58. The molecule has 8 heteroatoms. The van der Waals surface area contributed by atoms with Gasteiger partial charge in [-0.2, -0.15) is 0 Å².